The number of aromatic nitrogens is 4. The molecule has 0 bridgehead atoms. The molecule has 0 atom stereocenters. The van der Waals surface area contributed by atoms with E-state index in [1.54, 1.807) is 48.8 Å². The number of aliphatic imine (C=N–C) groups is 1. The first-order chi connectivity index (χ1) is 19.0. The number of carbonyl (C=O) groups is 2. The Morgan fingerprint density at radius 2 is 1.69 bits per heavy atom. The van der Waals surface area contributed by atoms with Gasteiger partial charge in [-0.3, -0.25) is 9.78 Å². The molecule has 0 aliphatic rings. The summed E-state index contributed by atoms with van der Waals surface area (Å²) in [5, 5.41) is 23.7. The number of amides is 1. The average molecular weight is 517 g/mol. The van der Waals surface area contributed by atoms with Crippen LogP contribution in [0, 0.1) is 0 Å². The number of aromatic amines is 2. The third-order valence-electron chi connectivity index (χ3n) is 6.17. The van der Waals surface area contributed by atoms with Crippen LogP contribution in [0.2, 0.25) is 0 Å². The minimum absolute atomic E-state index is 0.115. The number of anilines is 1. The lowest BCUT2D eigenvalue weighted by Gasteiger charge is -2.08. The topological polar surface area (TPSA) is 156 Å². The number of para-hydroxylation sites is 2. The molecule has 5 N–H and O–H groups in total. The third-order valence-corrected chi connectivity index (χ3v) is 6.17. The number of H-pyrrole nitrogens is 2. The van der Waals surface area contributed by atoms with E-state index in [1.807, 2.05) is 30.3 Å². The maximum atomic E-state index is 12.8. The minimum Gasteiger partial charge on any atom is -0.494 e. The summed E-state index contributed by atoms with van der Waals surface area (Å²) in [7, 11) is 0. The van der Waals surface area contributed by atoms with Gasteiger partial charge in [-0.2, -0.15) is 0 Å². The van der Waals surface area contributed by atoms with Crippen molar-refractivity contribution in [3.05, 3.63) is 114 Å². The second-order valence-electron chi connectivity index (χ2n) is 8.72. The first-order valence-corrected chi connectivity index (χ1v) is 11.9. The Morgan fingerprint density at radius 1 is 0.872 bits per heavy atom. The van der Waals surface area contributed by atoms with E-state index in [2.05, 4.69) is 25.3 Å². The largest absolute Gasteiger partial charge is 0.494 e. The Hall–Kier alpha value is -5.77. The van der Waals surface area contributed by atoms with Gasteiger partial charge in [0.25, 0.3) is 5.91 Å². The molecule has 3 aromatic heterocycles. The van der Waals surface area contributed by atoms with Gasteiger partial charge in [0.1, 0.15) is 0 Å². The minimum atomic E-state index is -1.03. The first kappa shape index (κ1) is 23.6. The highest BCUT2D eigenvalue weighted by atomic mass is 16.4. The van der Waals surface area contributed by atoms with Crippen molar-refractivity contribution in [2.75, 3.05) is 5.32 Å². The van der Waals surface area contributed by atoms with Crippen molar-refractivity contribution in [3.8, 4) is 5.88 Å². The smallest absolute Gasteiger partial charge is 0.335 e. The van der Waals surface area contributed by atoms with Gasteiger partial charge >= 0.3 is 5.97 Å². The van der Waals surface area contributed by atoms with Crippen molar-refractivity contribution in [1.29, 1.82) is 0 Å². The molecule has 3 aromatic carbocycles. The summed E-state index contributed by atoms with van der Waals surface area (Å²) < 4.78 is 0. The molecule has 0 saturated heterocycles. The Morgan fingerprint density at radius 3 is 2.44 bits per heavy atom. The van der Waals surface area contributed by atoms with Crippen LogP contribution in [0.4, 0.5) is 11.4 Å². The van der Waals surface area contributed by atoms with Crippen LogP contribution in [0.5, 0.6) is 5.88 Å². The lowest BCUT2D eigenvalue weighted by molar-refractivity contribution is 0.0696. The number of hydrogen-bond donors (Lipinski definition) is 5. The highest BCUT2D eigenvalue weighted by Crippen LogP contribution is 2.33. The van der Waals surface area contributed by atoms with Crippen LogP contribution >= 0.6 is 0 Å². The van der Waals surface area contributed by atoms with E-state index in [-0.39, 0.29) is 17.3 Å². The molecule has 190 valence electrons. The average Bonchev–Trinajstić information content (AvgIpc) is 3.53. The van der Waals surface area contributed by atoms with Crippen LogP contribution in [-0.4, -0.2) is 47.7 Å². The van der Waals surface area contributed by atoms with Gasteiger partial charge in [0.15, 0.2) is 11.7 Å². The fraction of sp³-hybridized carbons (Fsp3) is 0. The number of carboxylic acid groups (broad SMARTS) is 1. The Kier molecular flexibility index (Phi) is 5.81. The molecule has 39 heavy (non-hydrogen) atoms. The number of carbonyl (C=O) groups excluding carboxylic acids is 1. The molecule has 6 aromatic rings. The zero-order valence-corrected chi connectivity index (χ0v) is 20.2. The number of hydrogen-bond acceptors (Lipinski definition) is 6. The number of imidazole rings is 1. The highest BCUT2D eigenvalue weighted by Gasteiger charge is 2.20. The molecule has 0 unspecified atom stereocenters. The third kappa shape index (κ3) is 4.58. The van der Waals surface area contributed by atoms with Gasteiger partial charge in [0.2, 0.25) is 0 Å². The quantitative estimate of drug-likeness (QED) is 0.190. The van der Waals surface area contributed by atoms with Gasteiger partial charge in [-0.25, -0.2) is 14.8 Å². The van der Waals surface area contributed by atoms with Gasteiger partial charge in [0.05, 0.1) is 39.1 Å². The Balaban J connectivity index is 1.37. The van der Waals surface area contributed by atoms with E-state index in [0.29, 0.717) is 44.6 Å². The summed E-state index contributed by atoms with van der Waals surface area (Å²) in [6, 6.07) is 22.3. The van der Waals surface area contributed by atoms with E-state index in [1.165, 1.54) is 12.1 Å². The number of benzene rings is 3. The normalized spacial score (nSPS) is 11.6. The summed E-state index contributed by atoms with van der Waals surface area (Å²) in [5.74, 6) is -1.36. The monoisotopic (exact) mass is 516 g/mol. The van der Waals surface area contributed by atoms with Gasteiger partial charge < -0.3 is 25.5 Å². The number of carboxylic acids is 1. The summed E-state index contributed by atoms with van der Waals surface area (Å²) in [5.41, 5.74) is 4.70. The molecule has 0 fully saturated rings. The van der Waals surface area contributed by atoms with Crippen molar-refractivity contribution in [3.63, 3.8) is 0 Å². The van der Waals surface area contributed by atoms with E-state index in [9.17, 15) is 19.8 Å². The number of aromatic hydroxyl groups is 1. The molecular formula is C29H20N6O4. The summed E-state index contributed by atoms with van der Waals surface area (Å²) in [6.07, 6.45) is 3.26. The first-order valence-electron chi connectivity index (χ1n) is 11.9. The summed E-state index contributed by atoms with van der Waals surface area (Å²) in [6.45, 7) is 0. The highest BCUT2D eigenvalue weighted by molar-refractivity contribution is 6.22. The number of nitrogens with one attached hydrogen (secondary N) is 3. The second-order valence-corrected chi connectivity index (χ2v) is 8.72. The predicted octanol–water partition coefficient (Wildman–Crippen LogP) is 5.26. The van der Waals surface area contributed by atoms with E-state index >= 15 is 0 Å². The molecule has 3 heterocycles. The van der Waals surface area contributed by atoms with Crippen LogP contribution in [0.3, 0.4) is 0 Å². The number of aromatic carboxylic acids is 1. The number of rotatable bonds is 6. The predicted molar refractivity (Wildman–Crippen MR) is 147 cm³/mol. The van der Waals surface area contributed by atoms with Gasteiger partial charge in [0, 0.05) is 29.0 Å². The Labute approximate surface area is 220 Å². The van der Waals surface area contributed by atoms with Crippen LogP contribution in [0.15, 0.2) is 96.2 Å². The standard InChI is InChI=1S/C29H20N6O4/c36-27-24(25(17-4-3-13-30-15-17)31-18-9-7-16(8-10-18)29(38)39)20-12-11-19(14-23(20)35-27)32-28(37)26-33-21-5-1-2-6-22(21)34-26/h1-15,35-36H,(H,32,37)(H,33,34)(H,38,39). The van der Waals surface area contributed by atoms with Gasteiger partial charge in [-0.05, 0) is 66.7 Å². The molecule has 6 rings (SSSR count). The lowest BCUT2D eigenvalue weighted by Crippen LogP contribution is -2.13. The number of nitrogens with zero attached hydrogens (tertiary/aromatic N) is 3. The SMILES string of the molecule is O=C(O)c1ccc(N=C(c2cccnc2)c2c(O)[nH]c3cc(NC(=O)c4nc5ccccc5[nH]4)ccc23)cc1. The molecular weight excluding hydrogens is 496 g/mol. The fourth-order valence-corrected chi connectivity index (χ4v) is 4.33. The zero-order chi connectivity index (χ0) is 26.9. The van der Waals surface area contributed by atoms with Crippen molar-refractivity contribution >= 4 is 50.9 Å². The fourth-order valence-electron chi connectivity index (χ4n) is 4.33. The molecule has 0 aliphatic heterocycles. The van der Waals surface area contributed by atoms with Crippen LogP contribution < -0.4 is 5.32 Å². The molecule has 0 aliphatic carbocycles. The van der Waals surface area contributed by atoms with Crippen molar-refractivity contribution < 1.29 is 19.8 Å². The summed E-state index contributed by atoms with van der Waals surface area (Å²) >= 11 is 0. The second kappa shape index (κ2) is 9.60. The number of fused-ring (bicyclic) bond motifs is 2. The van der Waals surface area contributed by atoms with Crippen molar-refractivity contribution in [2.45, 2.75) is 0 Å². The molecule has 0 spiro atoms. The van der Waals surface area contributed by atoms with Crippen LogP contribution in [0.1, 0.15) is 32.1 Å². The van der Waals surface area contributed by atoms with Crippen LogP contribution in [0.25, 0.3) is 21.9 Å². The van der Waals surface area contributed by atoms with Crippen molar-refractivity contribution in [1.82, 2.24) is 19.9 Å². The molecule has 10 heteroatoms. The molecule has 0 saturated carbocycles. The molecule has 1 amide bonds. The van der Waals surface area contributed by atoms with Gasteiger partial charge in [-0.1, -0.05) is 12.1 Å². The maximum absolute atomic E-state index is 12.8. The van der Waals surface area contributed by atoms with Gasteiger partial charge in [-0.15, -0.1) is 0 Å². The zero-order valence-electron chi connectivity index (χ0n) is 20.2. The summed E-state index contributed by atoms with van der Waals surface area (Å²) in [4.78, 5) is 43.3. The molecule has 0 radical (unpaired) electrons. The van der Waals surface area contributed by atoms with Crippen molar-refractivity contribution in [2.24, 2.45) is 4.99 Å². The van der Waals surface area contributed by atoms with E-state index < -0.39 is 11.9 Å². The Bertz CT molecular complexity index is 1860. The van der Waals surface area contributed by atoms with Crippen LogP contribution in [-0.2, 0) is 0 Å². The maximum Gasteiger partial charge on any atom is 0.335 e. The molecule has 10 nitrogen and oxygen atoms in total. The van der Waals surface area contributed by atoms with E-state index in [4.69, 9.17) is 4.99 Å². The van der Waals surface area contributed by atoms with E-state index in [0.717, 1.165) is 5.52 Å². The lowest BCUT2D eigenvalue weighted by atomic mass is 10.0. The number of pyridine rings is 1.